The van der Waals surface area contributed by atoms with Crippen LogP contribution in [0.25, 0.3) is 11.0 Å². The van der Waals surface area contributed by atoms with Gasteiger partial charge in [-0.2, -0.15) is 0 Å². The quantitative estimate of drug-likeness (QED) is 0.693. The minimum Gasteiger partial charge on any atom is -0.372 e. The fraction of sp³-hybridized carbons (Fsp3) is 0.250. The van der Waals surface area contributed by atoms with Gasteiger partial charge in [0.2, 0.25) is 5.91 Å². The van der Waals surface area contributed by atoms with Crippen molar-refractivity contribution in [1.29, 1.82) is 0 Å². The van der Waals surface area contributed by atoms with Gasteiger partial charge in [-0.15, -0.1) is 0 Å². The fourth-order valence-corrected chi connectivity index (χ4v) is 3.45. The van der Waals surface area contributed by atoms with Crippen LogP contribution in [-0.4, -0.2) is 28.5 Å². The van der Waals surface area contributed by atoms with E-state index in [-0.39, 0.29) is 12.5 Å². The van der Waals surface area contributed by atoms with Crippen molar-refractivity contribution >= 4 is 28.3 Å². The lowest BCUT2D eigenvalue weighted by molar-refractivity contribution is -0.116. The van der Waals surface area contributed by atoms with Gasteiger partial charge in [0.15, 0.2) is 0 Å². The summed E-state index contributed by atoms with van der Waals surface area (Å²) >= 11 is 0. The third kappa shape index (κ3) is 3.48. The van der Waals surface area contributed by atoms with Crippen molar-refractivity contribution in [3.8, 4) is 0 Å². The first kappa shape index (κ1) is 17.1. The maximum Gasteiger partial charge on any atom is 0.317 e. The number of hydrogen-bond acceptors (Lipinski definition) is 4. The number of para-hydroxylation sites is 2. The summed E-state index contributed by atoms with van der Waals surface area (Å²) in [5, 5.41) is 2.79. The predicted octanol–water partition coefficient (Wildman–Crippen LogP) is 1.93. The summed E-state index contributed by atoms with van der Waals surface area (Å²) in [5.41, 5.74) is 1.35. The molecule has 1 fully saturated rings. The summed E-state index contributed by atoms with van der Waals surface area (Å²) in [5.74, 6) is -0.359. The Morgan fingerprint density at radius 1 is 1.00 bits per heavy atom. The molecular weight excluding hydrogens is 344 g/mol. The van der Waals surface area contributed by atoms with E-state index in [1.807, 2.05) is 24.3 Å². The Morgan fingerprint density at radius 3 is 2.44 bits per heavy atom. The molecule has 1 aliphatic heterocycles. The van der Waals surface area contributed by atoms with Gasteiger partial charge < -0.3 is 15.2 Å². The van der Waals surface area contributed by atoms with E-state index in [1.54, 1.807) is 24.3 Å². The average Bonchev–Trinajstić information content (AvgIpc) is 3.21. The molecule has 0 bridgehead atoms. The number of H-pyrrole nitrogens is 1. The summed E-state index contributed by atoms with van der Waals surface area (Å²) in [6.07, 6.45) is 2.41. The van der Waals surface area contributed by atoms with E-state index in [4.69, 9.17) is 0 Å². The zero-order valence-electron chi connectivity index (χ0n) is 14.8. The van der Waals surface area contributed by atoms with Crippen molar-refractivity contribution < 1.29 is 4.79 Å². The van der Waals surface area contributed by atoms with Crippen molar-refractivity contribution in [2.45, 2.75) is 19.4 Å². The molecule has 4 rings (SSSR count). The van der Waals surface area contributed by atoms with Gasteiger partial charge in [0.1, 0.15) is 6.54 Å². The zero-order chi connectivity index (χ0) is 18.8. The Hall–Kier alpha value is -3.35. The van der Waals surface area contributed by atoms with Crippen molar-refractivity contribution in [3.63, 3.8) is 0 Å². The zero-order valence-corrected chi connectivity index (χ0v) is 14.8. The summed E-state index contributed by atoms with van der Waals surface area (Å²) in [7, 11) is 0. The number of aromatic nitrogens is 2. The molecule has 0 saturated carbocycles. The number of rotatable bonds is 4. The maximum atomic E-state index is 12.4. The summed E-state index contributed by atoms with van der Waals surface area (Å²) in [4.78, 5) is 41.3. The molecule has 2 aromatic carbocycles. The molecule has 1 amide bonds. The number of carbonyl (C=O) groups is 1. The average molecular weight is 364 g/mol. The van der Waals surface area contributed by atoms with Gasteiger partial charge in [0.05, 0.1) is 11.0 Å². The molecule has 7 nitrogen and oxygen atoms in total. The standard InChI is InChI=1S/C20H20N4O3/c25-18(21-14-7-9-15(10-8-14)23-11-3-4-12-23)13-24-17-6-2-1-5-16(17)22-19(26)20(24)27/h1-2,5-10H,3-4,11-13H2,(H,21,25)(H,22,26). The van der Waals surface area contributed by atoms with E-state index in [0.717, 1.165) is 18.8 Å². The first-order chi connectivity index (χ1) is 13.1. The fourth-order valence-electron chi connectivity index (χ4n) is 3.45. The molecule has 27 heavy (non-hydrogen) atoms. The molecule has 7 heteroatoms. The number of hydrogen-bond donors (Lipinski definition) is 2. The summed E-state index contributed by atoms with van der Waals surface area (Å²) in [6.45, 7) is 1.89. The molecule has 1 aliphatic rings. The van der Waals surface area contributed by atoms with E-state index in [2.05, 4.69) is 15.2 Å². The minimum absolute atomic E-state index is 0.225. The highest BCUT2D eigenvalue weighted by Gasteiger charge is 2.13. The van der Waals surface area contributed by atoms with Crippen LogP contribution in [-0.2, 0) is 11.3 Å². The number of nitrogens with zero attached hydrogens (tertiary/aromatic N) is 2. The lowest BCUT2D eigenvalue weighted by Gasteiger charge is -2.18. The summed E-state index contributed by atoms with van der Waals surface area (Å²) < 4.78 is 1.20. The molecule has 0 unspecified atom stereocenters. The largest absolute Gasteiger partial charge is 0.372 e. The van der Waals surface area contributed by atoms with Gasteiger partial charge in [-0.3, -0.25) is 19.0 Å². The number of aromatic amines is 1. The molecule has 2 N–H and O–H groups in total. The predicted molar refractivity (Wildman–Crippen MR) is 105 cm³/mol. The van der Waals surface area contributed by atoms with Crippen LogP contribution < -0.4 is 21.3 Å². The van der Waals surface area contributed by atoms with Gasteiger partial charge in [-0.25, -0.2) is 0 Å². The van der Waals surface area contributed by atoms with Crippen LogP contribution in [0.4, 0.5) is 11.4 Å². The first-order valence-corrected chi connectivity index (χ1v) is 8.98. The normalized spacial score (nSPS) is 13.9. The van der Waals surface area contributed by atoms with Crippen molar-refractivity contribution in [1.82, 2.24) is 9.55 Å². The smallest absolute Gasteiger partial charge is 0.317 e. The van der Waals surface area contributed by atoms with Crippen LogP contribution in [0, 0.1) is 0 Å². The highest BCUT2D eigenvalue weighted by Crippen LogP contribution is 2.22. The molecule has 0 spiro atoms. The third-order valence-electron chi connectivity index (χ3n) is 4.81. The second-order valence-corrected chi connectivity index (χ2v) is 6.65. The molecule has 0 radical (unpaired) electrons. The van der Waals surface area contributed by atoms with Crippen LogP contribution >= 0.6 is 0 Å². The van der Waals surface area contributed by atoms with E-state index in [0.29, 0.717) is 16.7 Å². The van der Waals surface area contributed by atoms with Gasteiger partial charge in [0.25, 0.3) is 0 Å². The molecule has 2 heterocycles. The van der Waals surface area contributed by atoms with Crippen molar-refractivity contribution in [2.24, 2.45) is 0 Å². The minimum atomic E-state index is -0.742. The van der Waals surface area contributed by atoms with Crippen LogP contribution in [0.5, 0.6) is 0 Å². The lowest BCUT2D eigenvalue weighted by atomic mass is 10.2. The topological polar surface area (TPSA) is 87.2 Å². The highest BCUT2D eigenvalue weighted by molar-refractivity contribution is 5.91. The Labute approximate surface area is 155 Å². The van der Waals surface area contributed by atoms with Gasteiger partial charge in [-0.1, -0.05) is 12.1 Å². The second kappa shape index (κ2) is 7.11. The van der Waals surface area contributed by atoms with Gasteiger partial charge >= 0.3 is 11.1 Å². The Kier molecular flexibility index (Phi) is 4.50. The molecule has 138 valence electrons. The number of amides is 1. The number of carbonyl (C=O) groups excluding carboxylic acids is 1. The highest BCUT2D eigenvalue weighted by atomic mass is 16.2. The van der Waals surface area contributed by atoms with E-state index < -0.39 is 11.1 Å². The Balaban J connectivity index is 1.53. The van der Waals surface area contributed by atoms with E-state index in [9.17, 15) is 14.4 Å². The molecule has 3 aromatic rings. The maximum absolute atomic E-state index is 12.4. The van der Waals surface area contributed by atoms with Crippen LogP contribution in [0.15, 0.2) is 58.1 Å². The van der Waals surface area contributed by atoms with Crippen LogP contribution in [0.1, 0.15) is 12.8 Å². The number of fused-ring (bicyclic) bond motifs is 1. The second-order valence-electron chi connectivity index (χ2n) is 6.65. The lowest BCUT2D eigenvalue weighted by Crippen LogP contribution is -2.38. The van der Waals surface area contributed by atoms with E-state index >= 15 is 0 Å². The van der Waals surface area contributed by atoms with Crippen molar-refractivity contribution in [2.75, 3.05) is 23.3 Å². The number of anilines is 2. The molecule has 1 saturated heterocycles. The van der Waals surface area contributed by atoms with Crippen LogP contribution in [0.2, 0.25) is 0 Å². The van der Waals surface area contributed by atoms with Crippen LogP contribution in [0.3, 0.4) is 0 Å². The van der Waals surface area contributed by atoms with Crippen molar-refractivity contribution in [3.05, 3.63) is 69.2 Å². The summed E-state index contributed by atoms with van der Waals surface area (Å²) in [6, 6.07) is 14.6. The monoisotopic (exact) mass is 364 g/mol. The van der Waals surface area contributed by atoms with Gasteiger partial charge in [0, 0.05) is 24.5 Å². The molecule has 0 atom stereocenters. The number of benzene rings is 2. The molecule has 0 aliphatic carbocycles. The first-order valence-electron chi connectivity index (χ1n) is 8.98. The molecular formula is C20H20N4O3. The SMILES string of the molecule is O=C(Cn1c(=O)c(=O)[nH]c2ccccc21)Nc1ccc(N2CCCC2)cc1. The third-order valence-corrected chi connectivity index (χ3v) is 4.81. The van der Waals surface area contributed by atoms with E-state index in [1.165, 1.54) is 17.4 Å². The molecule has 1 aromatic heterocycles. The van der Waals surface area contributed by atoms with Gasteiger partial charge in [-0.05, 0) is 49.2 Å². The Bertz CT molecular complexity index is 1090. The number of nitrogens with one attached hydrogen (secondary N) is 2. The Morgan fingerprint density at radius 2 is 1.70 bits per heavy atom.